The third-order valence-electron chi connectivity index (χ3n) is 3.94. The van der Waals surface area contributed by atoms with Gasteiger partial charge in [0, 0.05) is 19.1 Å². The van der Waals surface area contributed by atoms with Gasteiger partial charge in [0.1, 0.15) is 0 Å². The molecule has 2 aliphatic rings. The molecular formula is C14H26N2O3. The minimum Gasteiger partial charge on any atom is -0.394 e. The van der Waals surface area contributed by atoms with E-state index in [1.807, 2.05) is 6.92 Å². The van der Waals surface area contributed by atoms with Crippen LogP contribution in [0.5, 0.6) is 0 Å². The molecule has 1 saturated carbocycles. The number of carbonyl (C=O) groups excluding carboxylic acids is 1. The van der Waals surface area contributed by atoms with E-state index in [-0.39, 0.29) is 24.7 Å². The summed E-state index contributed by atoms with van der Waals surface area (Å²) in [7, 11) is 0. The van der Waals surface area contributed by atoms with Crippen LogP contribution in [-0.4, -0.2) is 60.4 Å². The molecule has 0 radical (unpaired) electrons. The predicted molar refractivity (Wildman–Crippen MR) is 72.9 cm³/mol. The van der Waals surface area contributed by atoms with E-state index in [0.29, 0.717) is 19.1 Å². The number of hydrogen-bond acceptors (Lipinski definition) is 4. The van der Waals surface area contributed by atoms with Crippen molar-refractivity contribution in [1.82, 2.24) is 10.2 Å². The van der Waals surface area contributed by atoms with Gasteiger partial charge in [-0.3, -0.25) is 9.69 Å². The molecule has 2 rings (SSSR count). The lowest BCUT2D eigenvalue weighted by Gasteiger charge is -2.36. The van der Waals surface area contributed by atoms with Gasteiger partial charge < -0.3 is 15.2 Å². The van der Waals surface area contributed by atoms with Crippen molar-refractivity contribution < 1.29 is 14.6 Å². The van der Waals surface area contributed by atoms with Crippen LogP contribution in [-0.2, 0) is 9.53 Å². The van der Waals surface area contributed by atoms with E-state index in [1.54, 1.807) is 0 Å². The first-order valence-corrected chi connectivity index (χ1v) is 7.45. The molecule has 0 bridgehead atoms. The standard InChI is InChI=1S/C14H26N2O3/c1-11-7-16(8-13(10-17)19-11)9-14(18)15-12-5-3-2-4-6-12/h11-13,17H,2-10H2,1H3,(H,15,18). The summed E-state index contributed by atoms with van der Waals surface area (Å²) in [5, 5.41) is 12.3. The number of amides is 1. The third-order valence-corrected chi connectivity index (χ3v) is 3.94. The fourth-order valence-corrected chi connectivity index (χ4v) is 3.09. The average Bonchev–Trinajstić information content (AvgIpc) is 2.38. The lowest BCUT2D eigenvalue weighted by Crippen LogP contribution is -2.52. The first-order valence-electron chi connectivity index (χ1n) is 7.45. The van der Waals surface area contributed by atoms with Gasteiger partial charge in [-0.1, -0.05) is 19.3 Å². The van der Waals surface area contributed by atoms with Crippen LogP contribution in [0.15, 0.2) is 0 Å². The Hall–Kier alpha value is -0.650. The second kappa shape index (κ2) is 7.22. The molecule has 0 aromatic rings. The van der Waals surface area contributed by atoms with Crippen molar-refractivity contribution in [3.8, 4) is 0 Å². The van der Waals surface area contributed by atoms with Gasteiger partial charge in [-0.05, 0) is 19.8 Å². The van der Waals surface area contributed by atoms with Gasteiger partial charge in [0.2, 0.25) is 5.91 Å². The number of nitrogens with zero attached hydrogens (tertiary/aromatic N) is 1. The molecule has 1 saturated heterocycles. The third kappa shape index (κ3) is 4.75. The Morgan fingerprint density at radius 3 is 2.74 bits per heavy atom. The van der Waals surface area contributed by atoms with Crippen LogP contribution >= 0.6 is 0 Å². The number of aliphatic hydroxyl groups is 1. The molecule has 2 atom stereocenters. The summed E-state index contributed by atoms with van der Waals surface area (Å²) >= 11 is 0. The molecule has 0 spiro atoms. The highest BCUT2D eigenvalue weighted by molar-refractivity contribution is 5.78. The quantitative estimate of drug-likeness (QED) is 0.782. The molecule has 1 aliphatic heterocycles. The van der Waals surface area contributed by atoms with Gasteiger partial charge >= 0.3 is 0 Å². The average molecular weight is 270 g/mol. The molecule has 1 aliphatic carbocycles. The summed E-state index contributed by atoms with van der Waals surface area (Å²) in [6, 6.07) is 0.369. The van der Waals surface area contributed by atoms with Gasteiger partial charge in [0.15, 0.2) is 0 Å². The molecule has 5 heteroatoms. The van der Waals surface area contributed by atoms with Crippen molar-refractivity contribution in [2.24, 2.45) is 0 Å². The molecule has 2 fully saturated rings. The van der Waals surface area contributed by atoms with Crippen LogP contribution in [0.25, 0.3) is 0 Å². The second-order valence-electron chi connectivity index (χ2n) is 5.85. The number of ether oxygens (including phenoxy) is 1. The highest BCUT2D eigenvalue weighted by Gasteiger charge is 2.26. The Labute approximate surface area is 115 Å². The summed E-state index contributed by atoms with van der Waals surface area (Å²) < 4.78 is 5.57. The minimum absolute atomic E-state index is 0.0189. The van der Waals surface area contributed by atoms with Gasteiger partial charge in [-0.15, -0.1) is 0 Å². The molecule has 1 amide bonds. The number of morpholine rings is 1. The van der Waals surface area contributed by atoms with Crippen molar-refractivity contribution in [2.45, 2.75) is 57.3 Å². The molecule has 0 aromatic carbocycles. The molecule has 2 N–H and O–H groups in total. The van der Waals surface area contributed by atoms with Crippen LogP contribution in [0.3, 0.4) is 0 Å². The number of nitrogens with one attached hydrogen (secondary N) is 1. The van der Waals surface area contributed by atoms with Crippen LogP contribution in [0.1, 0.15) is 39.0 Å². The summed E-state index contributed by atoms with van der Waals surface area (Å²) in [6.07, 6.45) is 5.90. The van der Waals surface area contributed by atoms with Crippen LogP contribution in [0.2, 0.25) is 0 Å². The van der Waals surface area contributed by atoms with Crippen molar-refractivity contribution in [2.75, 3.05) is 26.2 Å². The maximum atomic E-state index is 12.0. The Bertz CT molecular complexity index is 292. The van der Waals surface area contributed by atoms with Gasteiger partial charge in [-0.2, -0.15) is 0 Å². The van der Waals surface area contributed by atoms with E-state index in [0.717, 1.165) is 19.4 Å². The molecule has 1 heterocycles. The van der Waals surface area contributed by atoms with E-state index < -0.39 is 0 Å². The summed E-state index contributed by atoms with van der Waals surface area (Å²) in [5.41, 5.74) is 0. The summed E-state index contributed by atoms with van der Waals surface area (Å²) in [4.78, 5) is 14.1. The molecule has 19 heavy (non-hydrogen) atoms. The largest absolute Gasteiger partial charge is 0.394 e. The fourth-order valence-electron chi connectivity index (χ4n) is 3.09. The topological polar surface area (TPSA) is 61.8 Å². The number of hydrogen-bond donors (Lipinski definition) is 2. The zero-order chi connectivity index (χ0) is 13.7. The van der Waals surface area contributed by atoms with Crippen molar-refractivity contribution in [3.05, 3.63) is 0 Å². The number of rotatable bonds is 4. The first kappa shape index (κ1) is 14.8. The molecule has 110 valence electrons. The first-order chi connectivity index (χ1) is 9.17. The Morgan fingerprint density at radius 2 is 2.05 bits per heavy atom. The van der Waals surface area contributed by atoms with E-state index >= 15 is 0 Å². The monoisotopic (exact) mass is 270 g/mol. The fraction of sp³-hybridized carbons (Fsp3) is 0.929. The van der Waals surface area contributed by atoms with Crippen molar-refractivity contribution >= 4 is 5.91 Å². The molecule has 0 aromatic heterocycles. The highest BCUT2D eigenvalue weighted by Crippen LogP contribution is 2.17. The van der Waals surface area contributed by atoms with Gasteiger partial charge in [0.25, 0.3) is 0 Å². The summed E-state index contributed by atoms with van der Waals surface area (Å²) in [6.45, 7) is 3.81. The van der Waals surface area contributed by atoms with Crippen LogP contribution < -0.4 is 5.32 Å². The lowest BCUT2D eigenvalue weighted by atomic mass is 9.95. The van der Waals surface area contributed by atoms with E-state index in [4.69, 9.17) is 9.84 Å². The molecule has 2 unspecified atom stereocenters. The van der Waals surface area contributed by atoms with E-state index in [9.17, 15) is 4.79 Å². The molecule has 5 nitrogen and oxygen atoms in total. The Balaban J connectivity index is 1.74. The Kier molecular flexibility index (Phi) is 5.60. The predicted octanol–water partition coefficient (Wildman–Crippen LogP) is 0.517. The van der Waals surface area contributed by atoms with E-state index in [1.165, 1.54) is 19.3 Å². The zero-order valence-electron chi connectivity index (χ0n) is 11.8. The van der Waals surface area contributed by atoms with Crippen LogP contribution in [0.4, 0.5) is 0 Å². The number of carbonyl (C=O) groups is 1. The van der Waals surface area contributed by atoms with Crippen molar-refractivity contribution in [3.63, 3.8) is 0 Å². The van der Waals surface area contributed by atoms with E-state index in [2.05, 4.69) is 10.2 Å². The Morgan fingerprint density at radius 1 is 1.32 bits per heavy atom. The highest BCUT2D eigenvalue weighted by atomic mass is 16.5. The molecular weight excluding hydrogens is 244 g/mol. The summed E-state index contributed by atoms with van der Waals surface area (Å²) in [5.74, 6) is 0.109. The lowest BCUT2D eigenvalue weighted by molar-refractivity contribution is -0.129. The number of aliphatic hydroxyl groups excluding tert-OH is 1. The minimum atomic E-state index is -0.161. The van der Waals surface area contributed by atoms with Gasteiger partial charge in [-0.25, -0.2) is 0 Å². The van der Waals surface area contributed by atoms with Gasteiger partial charge in [0.05, 0.1) is 25.4 Å². The second-order valence-corrected chi connectivity index (χ2v) is 5.85. The van der Waals surface area contributed by atoms with Crippen molar-refractivity contribution in [1.29, 1.82) is 0 Å². The zero-order valence-corrected chi connectivity index (χ0v) is 11.8. The smallest absolute Gasteiger partial charge is 0.234 e. The normalized spacial score (nSPS) is 30.2. The maximum absolute atomic E-state index is 12.0. The maximum Gasteiger partial charge on any atom is 0.234 e. The van der Waals surface area contributed by atoms with Crippen LogP contribution in [0, 0.1) is 0 Å². The SMILES string of the molecule is CC1CN(CC(=O)NC2CCCCC2)CC(CO)O1.